The largest absolute Gasteiger partial charge is 0.394 e. The number of carbonyl (C=O) groups excluding carboxylic acids is 1. The highest BCUT2D eigenvalue weighted by atomic mass is 16.3. The molecule has 1 N–H and O–H groups in total. The van der Waals surface area contributed by atoms with E-state index in [0.29, 0.717) is 6.54 Å². The summed E-state index contributed by atoms with van der Waals surface area (Å²) >= 11 is 0. The molecule has 0 radical (unpaired) electrons. The van der Waals surface area contributed by atoms with Gasteiger partial charge in [0.2, 0.25) is 5.91 Å². The number of para-hydroxylation sites is 1. The molecule has 1 heterocycles. The molecule has 20 heavy (non-hydrogen) atoms. The number of aliphatic hydroxyl groups excluding tert-OH is 1. The van der Waals surface area contributed by atoms with E-state index >= 15 is 0 Å². The Morgan fingerprint density at radius 3 is 2.80 bits per heavy atom. The summed E-state index contributed by atoms with van der Waals surface area (Å²) in [7, 11) is 1.94. The topological polar surface area (TPSA) is 43.8 Å². The Balaban J connectivity index is 1.74. The zero-order valence-corrected chi connectivity index (χ0v) is 12.2. The van der Waals surface area contributed by atoms with Crippen molar-refractivity contribution in [1.29, 1.82) is 0 Å². The van der Waals surface area contributed by atoms with Gasteiger partial charge in [-0.05, 0) is 44.9 Å². The Morgan fingerprint density at radius 1 is 1.45 bits per heavy atom. The second-order valence-electron chi connectivity index (χ2n) is 6.18. The van der Waals surface area contributed by atoms with Gasteiger partial charge in [0.25, 0.3) is 0 Å². The van der Waals surface area contributed by atoms with Crippen LogP contribution in [-0.2, 0) is 11.2 Å². The Morgan fingerprint density at radius 2 is 2.15 bits per heavy atom. The molecule has 3 rings (SSSR count). The van der Waals surface area contributed by atoms with E-state index in [-0.39, 0.29) is 24.1 Å². The highest BCUT2D eigenvalue weighted by Crippen LogP contribution is 2.40. The summed E-state index contributed by atoms with van der Waals surface area (Å²) in [4.78, 5) is 16.6. The molecule has 4 heteroatoms. The lowest BCUT2D eigenvalue weighted by atomic mass is 10.1. The molecule has 0 bridgehead atoms. The van der Waals surface area contributed by atoms with E-state index in [1.54, 1.807) is 0 Å². The van der Waals surface area contributed by atoms with E-state index in [1.165, 1.54) is 5.56 Å². The standard InChI is InChI=1S/C16H22N2O2/c1-12-9-13-5-3-4-6-14(13)18(12)15(20)10-17(2)16(11-19)7-8-16/h3-6,12,19H,7-11H2,1-2H3. The maximum Gasteiger partial charge on any atom is 0.241 e. The van der Waals surface area contributed by atoms with Crippen molar-refractivity contribution in [3.8, 4) is 0 Å². The monoisotopic (exact) mass is 274 g/mol. The minimum Gasteiger partial charge on any atom is -0.394 e. The fourth-order valence-corrected chi connectivity index (χ4v) is 3.20. The molecule has 1 fully saturated rings. The van der Waals surface area contributed by atoms with Gasteiger partial charge in [0.05, 0.1) is 13.2 Å². The molecule has 4 nitrogen and oxygen atoms in total. The molecule has 1 amide bonds. The van der Waals surface area contributed by atoms with Crippen molar-refractivity contribution in [3.05, 3.63) is 29.8 Å². The number of amides is 1. The lowest BCUT2D eigenvalue weighted by Crippen LogP contribution is -2.47. The second-order valence-corrected chi connectivity index (χ2v) is 6.18. The molecule has 108 valence electrons. The molecule has 0 saturated heterocycles. The summed E-state index contributed by atoms with van der Waals surface area (Å²) in [5.41, 5.74) is 2.16. The molecule has 1 atom stereocenters. The number of likely N-dealkylation sites (N-methyl/N-ethyl adjacent to an activating group) is 1. The van der Waals surface area contributed by atoms with Crippen LogP contribution in [0.4, 0.5) is 5.69 Å². The van der Waals surface area contributed by atoms with Crippen LogP contribution in [0.5, 0.6) is 0 Å². The van der Waals surface area contributed by atoms with Crippen LogP contribution in [-0.4, -0.2) is 47.7 Å². The number of rotatable bonds is 4. The fraction of sp³-hybridized carbons (Fsp3) is 0.562. The first-order chi connectivity index (χ1) is 9.57. The SMILES string of the molecule is CC1Cc2ccccc2N1C(=O)CN(C)C1(CO)CC1. The van der Waals surface area contributed by atoms with Gasteiger partial charge in [0.1, 0.15) is 0 Å². The summed E-state index contributed by atoms with van der Waals surface area (Å²) in [5, 5.41) is 9.45. The molecule has 1 aromatic rings. The third-order valence-corrected chi connectivity index (χ3v) is 4.78. The van der Waals surface area contributed by atoms with Gasteiger partial charge < -0.3 is 10.0 Å². The predicted molar refractivity (Wildman–Crippen MR) is 78.8 cm³/mol. The van der Waals surface area contributed by atoms with Gasteiger partial charge in [-0.25, -0.2) is 0 Å². The third kappa shape index (κ3) is 2.13. The number of anilines is 1. The van der Waals surface area contributed by atoms with E-state index in [9.17, 15) is 9.90 Å². The Labute approximate surface area is 120 Å². The van der Waals surface area contributed by atoms with Crippen LogP contribution in [0.1, 0.15) is 25.3 Å². The van der Waals surface area contributed by atoms with Crippen LogP contribution in [0.2, 0.25) is 0 Å². The Kier molecular flexibility index (Phi) is 3.30. The summed E-state index contributed by atoms with van der Waals surface area (Å²) in [6.07, 6.45) is 2.90. The van der Waals surface area contributed by atoms with Crippen LogP contribution in [0, 0.1) is 0 Å². The maximum absolute atomic E-state index is 12.6. The normalized spacial score (nSPS) is 23.0. The van der Waals surface area contributed by atoms with Gasteiger partial charge in [-0.15, -0.1) is 0 Å². The fourth-order valence-electron chi connectivity index (χ4n) is 3.20. The first-order valence-corrected chi connectivity index (χ1v) is 7.29. The highest BCUT2D eigenvalue weighted by Gasteiger charge is 2.46. The molecule has 2 aliphatic rings. The smallest absolute Gasteiger partial charge is 0.241 e. The minimum atomic E-state index is -0.141. The number of aliphatic hydroxyl groups is 1. The highest BCUT2D eigenvalue weighted by molar-refractivity contribution is 5.97. The zero-order valence-electron chi connectivity index (χ0n) is 12.2. The van der Waals surface area contributed by atoms with E-state index < -0.39 is 0 Å². The van der Waals surface area contributed by atoms with Crippen LogP contribution < -0.4 is 4.90 Å². The molecule has 1 aromatic carbocycles. The maximum atomic E-state index is 12.6. The van der Waals surface area contributed by atoms with Crippen molar-refractivity contribution in [2.24, 2.45) is 0 Å². The Hall–Kier alpha value is -1.39. The van der Waals surface area contributed by atoms with Gasteiger partial charge in [-0.2, -0.15) is 0 Å². The average Bonchev–Trinajstić information content (AvgIpc) is 3.15. The number of nitrogens with zero attached hydrogens (tertiary/aromatic N) is 2. The van der Waals surface area contributed by atoms with Gasteiger partial charge >= 0.3 is 0 Å². The molecular weight excluding hydrogens is 252 g/mol. The van der Waals surface area contributed by atoms with Gasteiger partial charge in [0, 0.05) is 17.3 Å². The molecular formula is C16H22N2O2. The first-order valence-electron chi connectivity index (χ1n) is 7.29. The van der Waals surface area contributed by atoms with Crippen LogP contribution in [0.3, 0.4) is 0 Å². The molecule has 1 aliphatic heterocycles. The molecule has 0 aromatic heterocycles. The van der Waals surface area contributed by atoms with Crippen LogP contribution in [0.15, 0.2) is 24.3 Å². The van der Waals surface area contributed by atoms with Gasteiger partial charge in [-0.1, -0.05) is 18.2 Å². The van der Waals surface area contributed by atoms with Gasteiger partial charge in [-0.3, -0.25) is 9.69 Å². The summed E-state index contributed by atoms with van der Waals surface area (Å²) in [6, 6.07) is 8.35. The van der Waals surface area contributed by atoms with Crippen molar-refractivity contribution in [2.45, 2.75) is 37.8 Å². The van der Waals surface area contributed by atoms with Crippen LogP contribution in [0.25, 0.3) is 0 Å². The summed E-state index contributed by atoms with van der Waals surface area (Å²) in [6.45, 7) is 2.61. The third-order valence-electron chi connectivity index (χ3n) is 4.78. The molecule has 0 spiro atoms. The van der Waals surface area contributed by atoms with E-state index in [1.807, 2.05) is 35.0 Å². The Bertz CT molecular complexity index is 525. The van der Waals surface area contributed by atoms with Crippen LogP contribution >= 0.6 is 0 Å². The van der Waals surface area contributed by atoms with E-state index in [4.69, 9.17) is 0 Å². The van der Waals surface area contributed by atoms with E-state index in [2.05, 4.69) is 13.0 Å². The predicted octanol–water partition coefficient (Wildman–Crippen LogP) is 1.42. The number of benzene rings is 1. The zero-order chi connectivity index (χ0) is 14.3. The van der Waals surface area contributed by atoms with Crippen molar-refractivity contribution < 1.29 is 9.90 Å². The first kappa shape index (κ1) is 13.6. The quantitative estimate of drug-likeness (QED) is 0.903. The van der Waals surface area contributed by atoms with Crippen molar-refractivity contribution >= 4 is 11.6 Å². The number of hydrogen-bond acceptors (Lipinski definition) is 3. The van der Waals surface area contributed by atoms with Crippen molar-refractivity contribution in [1.82, 2.24) is 4.90 Å². The molecule has 1 unspecified atom stereocenters. The lowest BCUT2D eigenvalue weighted by molar-refractivity contribution is -0.120. The lowest BCUT2D eigenvalue weighted by Gasteiger charge is -2.29. The molecule has 1 aliphatic carbocycles. The van der Waals surface area contributed by atoms with E-state index in [0.717, 1.165) is 24.9 Å². The van der Waals surface area contributed by atoms with Crippen molar-refractivity contribution in [2.75, 3.05) is 25.1 Å². The van der Waals surface area contributed by atoms with Crippen molar-refractivity contribution in [3.63, 3.8) is 0 Å². The number of hydrogen-bond donors (Lipinski definition) is 1. The summed E-state index contributed by atoms with van der Waals surface area (Å²) in [5.74, 6) is 0.129. The number of carbonyl (C=O) groups is 1. The van der Waals surface area contributed by atoms with Gasteiger partial charge in [0.15, 0.2) is 0 Å². The average molecular weight is 274 g/mol. The molecule has 1 saturated carbocycles. The minimum absolute atomic E-state index is 0.129. The summed E-state index contributed by atoms with van der Waals surface area (Å²) < 4.78 is 0. The second kappa shape index (κ2) is 4.86. The number of fused-ring (bicyclic) bond motifs is 1.